The van der Waals surface area contributed by atoms with E-state index in [1.54, 1.807) is 11.3 Å². The van der Waals surface area contributed by atoms with Crippen molar-refractivity contribution in [3.8, 4) is 28.7 Å². The van der Waals surface area contributed by atoms with E-state index in [4.69, 9.17) is 16.1 Å². The molecule has 0 saturated carbocycles. The summed E-state index contributed by atoms with van der Waals surface area (Å²) in [5.41, 5.74) is 2.02. The summed E-state index contributed by atoms with van der Waals surface area (Å²) >= 11 is 1.67. The minimum Gasteiger partial charge on any atom is -0.480 e. The molecule has 2 nitrogen and oxygen atoms in total. The number of fused-ring (bicyclic) bond motifs is 2. The smallest absolute Gasteiger partial charge is 0.148 e. The van der Waals surface area contributed by atoms with Gasteiger partial charge in [-0.05, 0) is 29.0 Å². The van der Waals surface area contributed by atoms with Gasteiger partial charge in [-0.1, -0.05) is 48.4 Å². The van der Waals surface area contributed by atoms with Crippen LogP contribution in [-0.2, 0) is 0 Å². The van der Waals surface area contributed by atoms with Gasteiger partial charge in [0.05, 0.1) is 15.8 Å². The van der Waals surface area contributed by atoms with E-state index >= 15 is 0 Å². The Labute approximate surface area is 138 Å². The lowest BCUT2D eigenvalue weighted by molar-refractivity contribution is 0.372. The van der Waals surface area contributed by atoms with Crippen molar-refractivity contribution in [2.45, 2.75) is 0 Å². The van der Waals surface area contributed by atoms with Crippen LogP contribution < -0.4 is 4.74 Å². The van der Waals surface area contributed by atoms with Gasteiger partial charge in [-0.25, -0.2) is 4.98 Å². The van der Waals surface area contributed by atoms with Gasteiger partial charge in [-0.2, -0.15) is 0 Å². The average Bonchev–Trinajstić information content (AvgIpc) is 3.03. The van der Waals surface area contributed by atoms with Gasteiger partial charge in [0.15, 0.2) is 0 Å². The van der Waals surface area contributed by atoms with Crippen LogP contribution in [0.5, 0.6) is 5.75 Å². The Morgan fingerprint density at radius 1 is 1.00 bits per heavy atom. The summed E-state index contributed by atoms with van der Waals surface area (Å²) in [6, 6.07) is 20.4. The van der Waals surface area contributed by atoms with Crippen LogP contribution >= 0.6 is 11.3 Å². The van der Waals surface area contributed by atoms with Gasteiger partial charge in [-0.3, -0.25) is 0 Å². The van der Waals surface area contributed by atoms with E-state index in [0.29, 0.717) is 0 Å². The molecule has 0 unspecified atom stereocenters. The fraction of sp³-hybridized carbons (Fsp3) is 0.0500. The number of terminal acetylenes is 1. The minimum absolute atomic E-state index is 0.246. The summed E-state index contributed by atoms with van der Waals surface area (Å²) < 4.78 is 6.94. The second kappa shape index (κ2) is 5.75. The molecule has 0 fully saturated rings. The quantitative estimate of drug-likeness (QED) is 0.489. The van der Waals surface area contributed by atoms with Gasteiger partial charge in [-0.15, -0.1) is 17.8 Å². The molecule has 23 heavy (non-hydrogen) atoms. The number of hydrogen-bond acceptors (Lipinski definition) is 3. The maximum Gasteiger partial charge on any atom is 0.148 e. The van der Waals surface area contributed by atoms with E-state index in [0.717, 1.165) is 32.6 Å². The molecular weight excluding hydrogens is 302 g/mol. The average molecular weight is 315 g/mol. The third-order valence-corrected chi connectivity index (χ3v) is 4.76. The lowest BCUT2D eigenvalue weighted by atomic mass is 10.0. The first kappa shape index (κ1) is 13.8. The van der Waals surface area contributed by atoms with Crippen LogP contribution in [0.15, 0.2) is 60.7 Å². The van der Waals surface area contributed by atoms with Crippen molar-refractivity contribution in [1.29, 1.82) is 0 Å². The molecule has 0 atom stereocenters. The largest absolute Gasteiger partial charge is 0.480 e. The van der Waals surface area contributed by atoms with E-state index in [2.05, 4.69) is 30.2 Å². The van der Waals surface area contributed by atoms with Crippen molar-refractivity contribution in [1.82, 2.24) is 4.98 Å². The Hall–Kier alpha value is -2.83. The van der Waals surface area contributed by atoms with Gasteiger partial charge in [0.25, 0.3) is 0 Å². The van der Waals surface area contributed by atoms with Crippen LogP contribution in [-0.4, -0.2) is 11.6 Å². The lowest BCUT2D eigenvalue weighted by Crippen LogP contribution is -1.96. The Morgan fingerprint density at radius 3 is 2.70 bits per heavy atom. The normalized spacial score (nSPS) is 10.7. The molecule has 110 valence electrons. The van der Waals surface area contributed by atoms with Crippen LogP contribution in [0.2, 0.25) is 0 Å². The highest BCUT2D eigenvalue weighted by molar-refractivity contribution is 7.21. The Bertz CT molecular complexity index is 1010. The van der Waals surface area contributed by atoms with Crippen LogP contribution in [0.4, 0.5) is 0 Å². The molecule has 0 amide bonds. The number of nitrogens with zero attached hydrogens (tertiary/aromatic N) is 1. The fourth-order valence-electron chi connectivity index (χ4n) is 2.69. The van der Waals surface area contributed by atoms with Crippen LogP contribution in [0.25, 0.3) is 31.6 Å². The zero-order valence-corrected chi connectivity index (χ0v) is 13.1. The van der Waals surface area contributed by atoms with Crippen molar-refractivity contribution in [3.63, 3.8) is 0 Å². The molecule has 0 saturated heterocycles. The molecule has 1 aromatic heterocycles. The molecule has 0 radical (unpaired) electrons. The van der Waals surface area contributed by atoms with Crippen molar-refractivity contribution in [2.75, 3.05) is 6.61 Å². The van der Waals surface area contributed by atoms with E-state index in [-0.39, 0.29) is 6.61 Å². The summed E-state index contributed by atoms with van der Waals surface area (Å²) in [6.45, 7) is 0.246. The number of ether oxygens (including phenoxy) is 1. The predicted molar refractivity (Wildman–Crippen MR) is 96.9 cm³/mol. The summed E-state index contributed by atoms with van der Waals surface area (Å²) in [5.74, 6) is 3.31. The standard InChI is InChI=1S/C20H13NOS/c1-2-13-22-17-12-11-14-7-3-4-8-15(14)19(17)20-21-16-9-5-6-10-18(16)23-20/h1,3-12H,13H2. The van der Waals surface area contributed by atoms with Gasteiger partial charge in [0, 0.05) is 0 Å². The predicted octanol–water partition coefficient (Wildman–Crippen LogP) is 5.13. The summed E-state index contributed by atoms with van der Waals surface area (Å²) in [4.78, 5) is 4.79. The number of aromatic nitrogens is 1. The van der Waals surface area contributed by atoms with Crippen molar-refractivity contribution in [2.24, 2.45) is 0 Å². The van der Waals surface area contributed by atoms with Gasteiger partial charge in [0.1, 0.15) is 17.4 Å². The zero-order valence-electron chi connectivity index (χ0n) is 12.3. The molecule has 0 spiro atoms. The van der Waals surface area contributed by atoms with Crippen LogP contribution in [0.3, 0.4) is 0 Å². The third-order valence-electron chi connectivity index (χ3n) is 3.71. The zero-order chi connectivity index (χ0) is 15.6. The second-order valence-electron chi connectivity index (χ2n) is 5.14. The molecular formula is C20H13NOS. The van der Waals surface area contributed by atoms with Gasteiger partial charge in [0.2, 0.25) is 0 Å². The van der Waals surface area contributed by atoms with Crippen molar-refractivity contribution < 1.29 is 4.74 Å². The second-order valence-corrected chi connectivity index (χ2v) is 6.17. The molecule has 0 aliphatic rings. The van der Waals surface area contributed by atoms with Crippen molar-refractivity contribution in [3.05, 3.63) is 60.7 Å². The third kappa shape index (κ3) is 2.44. The summed E-state index contributed by atoms with van der Waals surface area (Å²) in [5, 5.41) is 3.24. The van der Waals surface area contributed by atoms with E-state index in [1.165, 1.54) is 4.70 Å². The number of hydrogen-bond donors (Lipinski definition) is 0. The molecule has 1 heterocycles. The molecule has 0 aliphatic heterocycles. The topological polar surface area (TPSA) is 22.1 Å². The maximum absolute atomic E-state index is 5.78. The summed E-state index contributed by atoms with van der Waals surface area (Å²) in [6.07, 6.45) is 5.35. The molecule has 4 aromatic rings. The minimum atomic E-state index is 0.246. The van der Waals surface area contributed by atoms with Crippen LogP contribution in [0, 0.1) is 12.3 Å². The monoisotopic (exact) mass is 315 g/mol. The summed E-state index contributed by atoms with van der Waals surface area (Å²) in [7, 11) is 0. The Balaban J connectivity index is 2.00. The fourth-order valence-corrected chi connectivity index (χ4v) is 3.72. The highest BCUT2D eigenvalue weighted by atomic mass is 32.1. The highest BCUT2D eigenvalue weighted by Gasteiger charge is 2.15. The molecule has 0 aliphatic carbocycles. The first-order chi connectivity index (χ1) is 11.4. The first-order valence-electron chi connectivity index (χ1n) is 7.31. The van der Waals surface area contributed by atoms with Gasteiger partial charge >= 0.3 is 0 Å². The van der Waals surface area contributed by atoms with Gasteiger partial charge < -0.3 is 4.74 Å². The lowest BCUT2D eigenvalue weighted by Gasteiger charge is -2.11. The highest BCUT2D eigenvalue weighted by Crippen LogP contribution is 2.40. The molecule has 3 aromatic carbocycles. The first-order valence-corrected chi connectivity index (χ1v) is 8.12. The SMILES string of the molecule is C#CCOc1ccc2ccccc2c1-c1nc2ccccc2s1. The molecule has 0 bridgehead atoms. The van der Waals surface area contributed by atoms with E-state index < -0.39 is 0 Å². The van der Waals surface area contributed by atoms with Crippen molar-refractivity contribution >= 4 is 32.3 Å². The van der Waals surface area contributed by atoms with E-state index in [1.807, 2.05) is 36.4 Å². The molecule has 3 heteroatoms. The molecule has 4 rings (SSSR count). The Morgan fingerprint density at radius 2 is 1.83 bits per heavy atom. The Kier molecular flexibility index (Phi) is 3.45. The van der Waals surface area contributed by atoms with Crippen LogP contribution in [0.1, 0.15) is 0 Å². The van der Waals surface area contributed by atoms with E-state index in [9.17, 15) is 0 Å². The number of para-hydroxylation sites is 1. The number of rotatable bonds is 3. The molecule has 0 N–H and O–H groups in total. The maximum atomic E-state index is 5.78. The number of benzene rings is 3. The number of thiazole rings is 1.